The summed E-state index contributed by atoms with van der Waals surface area (Å²) in [4.78, 5) is 29.5. The van der Waals surface area contributed by atoms with E-state index < -0.39 is 17.7 Å². The Hall–Kier alpha value is -3.12. The average molecular weight is 423 g/mol. The third kappa shape index (κ3) is 4.49. The second-order valence-corrected chi connectivity index (χ2v) is 8.12. The summed E-state index contributed by atoms with van der Waals surface area (Å²) in [5.74, 6) is -1.39. The average Bonchev–Trinajstić information content (AvgIpc) is 3.00. The predicted molar refractivity (Wildman–Crippen MR) is 122 cm³/mol. The van der Waals surface area contributed by atoms with Crippen molar-refractivity contribution in [3.63, 3.8) is 0 Å². The van der Waals surface area contributed by atoms with Gasteiger partial charge in [0.2, 0.25) is 0 Å². The van der Waals surface area contributed by atoms with Crippen LogP contribution in [0.1, 0.15) is 34.7 Å². The first-order valence-electron chi connectivity index (χ1n) is 10.4. The Morgan fingerprint density at radius 2 is 1.74 bits per heavy atom. The lowest BCUT2D eigenvalue weighted by molar-refractivity contribution is -0.140. The fourth-order valence-electron chi connectivity index (χ4n) is 3.84. The van der Waals surface area contributed by atoms with E-state index in [-0.39, 0.29) is 11.3 Å². The van der Waals surface area contributed by atoms with Crippen molar-refractivity contribution in [3.05, 3.63) is 70.3 Å². The highest BCUT2D eigenvalue weighted by molar-refractivity contribution is 6.46. The van der Waals surface area contributed by atoms with E-state index in [0.29, 0.717) is 25.1 Å². The fraction of sp³-hybridized carbons (Fsp3) is 0.360. The number of hydrogen-bond acceptors (Lipinski definition) is 5. The van der Waals surface area contributed by atoms with Crippen LogP contribution in [0, 0.1) is 13.8 Å². The lowest BCUT2D eigenvalue weighted by Crippen LogP contribution is -2.31. The van der Waals surface area contributed by atoms with Crippen molar-refractivity contribution < 1.29 is 19.4 Å². The van der Waals surface area contributed by atoms with Gasteiger partial charge in [-0.05, 0) is 55.2 Å². The lowest BCUT2D eigenvalue weighted by Gasteiger charge is -2.26. The monoisotopic (exact) mass is 422 g/mol. The molecule has 1 atom stereocenters. The number of benzene rings is 2. The van der Waals surface area contributed by atoms with Crippen molar-refractivity contribution in [1.29, 1.82) is 0 Å². The second-order valence-electron chi connectivity index (χ2n) is 8.12. The van der Waals surface area contributed by atoms with Gasteiger partial charge in [-0.1, -0.05) is 24.3 Å². The van der Waals surface area contributed by atoms with Gasteiger partial charge in [-0.2, -0.15) is 0 Å². The largest absolute Gasteiger partial charge is 0.507 e. The number of aliphatic hydroxyl groups is 1. The van der Waals surface area contributed by atoms with Crippen LogP contribution in [0.5, 0.6) is 0 Å². The minimum Gasteiger partial charge on any atom is -0.507 e. The second kappa shape index (κ2) is 9.35. The zero-order valence-electron chi connectivity index (χ0n) is 18.8. The summed E-state index contributed by atoms with van der Waals surface area (Å²) in [7, 11) is 5.50. The molecule has 0 radical (unpaired) electrons. The minimum atomic E-state index is -0.658. The lowest BCUT2D eigenvalue weighted by atomic mass is 9.94. The Morgan fingerprint density at radius 1 is 1.06 bits per heavy atom. The van der Waals surface area contributed by atoms with Crippen molar-refractivity contribution in [2.75, 3.05) is 39.3 Å². The molecule has 1 unspecified atom stereocenters. The van der Waals surface area contributed by atoms with Gasteiger partial charge in [0.1, 0.15) is 5.76 Å². The summed E-state index contributed by atoms with van der Waals surface area (Å²) in [5.41, 5.74) is 4.55. The maximum Gasteiger partial charge on any atom is 0.295 e. The van der Waals surface area contributed by atoms with E-state index >= 15 is 0 Å². The van der Waals surface area contributed by atoms with E-state index in [1.807, 2.05) is 69.2 Å². The van der Waals surface area contributed by atoms with Crippen molar-refractivity contribution in [1.82, 2.24) is 4.90 Å². The Bertz CT molecular complexity index is 1010. The molecular formula is C25H30N2O4. The molecule has 1 N–H and O–H groups in total. The number of hydrogen-bond donors (Lipinski definition) is 1. The summed E-state index contributed by atoms with van der Waals surface area (Å²) in [6.45, 7) is 4.78. The number of rotatable bonds is 7. The van der Waals surface area contributed by atoms with Gasteiger partial charge < -0.3 is 19.6 Å². The molecule has 1 aliphatic rings. The molecule has 0 spiro atoms. The number of Topliss-reactive ketones (excluding diaryl/α,β-unsaturated/α-hetero) is 1. The van der Waals surface area contributed by atoms with Crippen LogP contribution in [-0.4, -0.2) is 56.1 Å². The molecule has 1 heterocycles. The van der Waals surface area contributed by atoms with Crippen molar-refractivity contribution in [2.24, 2.45) is 0 Å². The zero-order chi connectivity index (χ0) is 22.7. The summed E-state index contributed by atoms with van der Waals surface area (Å²) >= 11 is 0. The minimum absolute atomic E-state index is 0.128. The molecule has 0 aliphatic carbocycles. The van der Waals surface area contributed by atoms with Gasteiger partial charge in [0.25, 0.3) is 11.7 Å². The Morgan fingerprint density at radius 3 is 2.32 bits per heavy atom. The number of carbonyl (C=O) groups is 2. The van der Waals surface area contributed by atoms with Crippen molar-refractivity contribution in [3.8, 4) is 0 Å². The Balaban J connectivity index is 2.12. The van der Waals surface area contributed by atoms with Crippen LogP contribution in [0.15, 0.2) is 48.0 Å². The maximum atomic E-state index is 13.0. The normalized spacial score (nSPS) is 18.0. The van der Waals surface area contributed by atoms with Gasteiger partial charge in [0, 0.05) is 45.6 Å². The molecule has 0 bridgehead atoms. The van der Waals surface area contributed by atoms with Crippen LogP contribution in [0.25, 0.3) is 5.76 Å². The molecule has 1 saturated heterocycles. The molecule has 164 valence electrons. The summed E-state index contributed by atoms with van der Waals surface area (Å²) in [6, 6.07) is 12.6. The SMILES string of the molecule is COCCCN1C(=O)C(=O)/C(=C(\O)c2ccc(C)c(C)c2)C1c1ccc(N(C)C)cc1. The van der Waals surface area contributed by atoms with E-state index in [9.17, 15) is 14.7 Å². The van der Waals surface area contributed by atoms with Crippen LogP contribution < -0.4 is 4.90 Å². The first kappa shape index (κ1) is 22.6. The van der Waals surface area contributed by atoms with Gasteiger partial charge in [-0.3, -0.25) is 9.59 Å². The summed E-state index contributed by atoms with van der Waals surface area (Å²) < 4.78 is 5.12. The number of aliphatic hydroxyl groups excluding tert-OH is 1. The van der Waals surface area contributed by atoms with Gasteiger partial charge in [0.05, 0.1) is 11.6 Å². The van der Waals surface area contributed by atoms with Crippen LogP contribution in [0.2, 0.25) is 0 Å². The number of ketones is 1. The highest BCUT2D eigenvalue weighted by Gasteiger charge is 2.45. The van der Waals surface area contributed by atoms with E-state index in [1.165, 1.54) is 0 Å². The van der Waals surface area contributed by atoms with Crippen molar-refractivity contribution >= 4 is 23.1 Å². The molecule has 6 heteroatoms. The van der Waals surface area contributed by atoms with E-state index in [1.54, 1.807) is 18.1 Å². The molecule has 3 rings (SSSR count). The van der Waals surface area contributed by atoms with Gasteiger partial charge in [-0.25, -0.2) is 0 Å². The Labute approximate surface area is 183 Å². The van der Waals surface area contributed by atoms with E-state index in [0.717, 1.165) is 22.4 Å². The van der Waals surface area contributed by atoms with Crippen LogP contribution in [0.4, 0.5) is 5.69 Å². The number of amides is 1. The van der Waals surface area contributed by atoms with Crippen LogP contribution >= 0.6 is 0 Å². The van der Waals surface area contributed by atoms with Gasteiger partial charge >= 0.3 is 0 Å². The number of aryl methyl sites for hydroxylation is 2. The highest BCUT2D eigenvalue weighted by Crippen LogP contribution is 2.40. The van der Waals surface area contributed by atoms with E-state index in [4.69, 9.17) is 4.74 Å². The van der Waals surface area contributed by atoms with Crippen LogP contribution in [0.3, 0.4) is 0 Å². The number of anilines is 1. The zero-order valence-corrected chi connectivity index (χ0v) is 18.8. The Kier molecular flexibility index (Phi) is 6.81. The fourth-order valence-corrected chi connectivity index (χ4v) is 3.84. The highest BCUT2D eigenvalue weighted by atomic mass is 16.5. The third-order valence-electron chi connectivity index (χ3n) is 5.79. The molecular weight excluding hydrogens is 392 g/mol. The number of carbonyl (C=O) groups excluding carboxylic acids is 2. The molecule has 31 heavy (non-hydrogen) atoms. The maximum absolute atomic E-state index is 13.0. The molecule has 2 aromatic carbocycles. The molecule has 1 fully saturated rings. The van der Waals surface area contributed by atoms with Gasteiger partial charge in [-0.15, -0.1) is 0 Å². The molecule has 2 aromatic rings. The van der Waals surface area contributed by atoms with Crippen LogP contribution in [-0.2, 0) is 14.3 Å². The first-order chi connectivity index (χ1) is 14.8. The molecule has 0 aromatic heterocycles. The van der Waals surface area contributed by atoms with Gasteiger partial charge in [0.15, 0.2) is 0 Å². The topological polar surface area (TPSA) is 70.1 Å². The predicted octanol–water partition coefficient (Wildman–Crippen LogP) is 3.83. The summed E-state index contributed by atoms with van der Waals surface area (Å²) in [6.07, 6.45) is 0.597. The smallest absolute Gasteiger partial charge is 0.295 e. The molecule has 0 saturated carbocycles. The number of methoxy groups -OCH3 is 1. The summed E-state index contributed by atoms with van der Waals surface area (Å²) in [5, 5.41) is 11.1. The van der Waals surface area contributed by atoms with Crippen molar-refractivity contribution in [2.45, 2.75) is 26.3 Å². The van der Waals surface area contributed by atoms with E-state index in [2.05, 4.69) is 0 Å². The third-order valence-corrected chi connectivity index (χ3v) is 5.79. The molecule has 1 amide bonds. The number of ether oxygens (including phenoxy) is 1. The number of likely N-dealkylation sites (tertiary alicyclic amines) is 1. The first-order valence-corrected chi connectivity index (χ1v) is 10.4. The number of nitrogens with zero attached hydrogens (tertiary/aromatic N) is 2. The standard InChI is InChI=1S/C25H30N2O4/c1-16-7-8-19(15-17(16)2)23(28)21-22(18-9-11-20(12-10-18)26(3)4)27(13-6-14-31-5)25(30)24(21)29/h7-12,15,22,28H,6,13-14H2,1-5H3/b23-21-. The quantitative estimate of drug-likeness (QED) is 0.318. The molecule has 1 aliphatic heterocycles. The molecule has 6 nitrogen and oxygen atoms in total.